The highest BCUT2D eigenvalue weighted by Crippen LogP contribution is 2.30. The van der Waals surface area contributed by atoms with Gasteiger partial charge in [-0.05, 0) is 18.2 Å². The van der Waals surface area contributed by atoms with Crippen LogP contribution in [0.15, 0.2) is 36.7 Å². The minimum Gasteiger partial charge on any atom is -0.504 e. The van der Waals surface area contributed by atoms with Crippen LogP contribution in [0.4, 0.5) is 0 Å². The van der Waals surface area contributed by atoms with Crippen molar-refractivity contribution in [1.29, 1.82) is 0 Å². The van der Waals surface area contributed by atoms with Crippen LogP contribution in [0.25, 0.3) is 0 Å². The second kappa shape index (κ2) is 3.83. The summed E-state index contributed by atoms with van der Waals surface area (Å²) in [7, 11) is 0. The van der Waals surface area contributed by atoms with Gasteiger partial charge in [-0.15, -0.1) is 0 Å². The van der Waals surface area contributed by atoms with Crippen molar-refractivity contribution < 1.29 is 14.9 Å². The van der Waals surface area contributed by atoms with Crippen LogP contribution in [0, 0.1) is 0 Å². The van der Waals surface area contributed by atoms with Gasteiger partial charge in [0.15, 0.2) is 11.5 Å². The number of aromatic nitrogens is 2. The Kier molecular flexibility index (Phi) is 2.37. The molecular formula is C10H8N2O3. The topological polar surface area (TPSA) is 75.5 Å². The first-order chi connectivity index (χ1) is 7.25. The van der Waals surface area contributed by atoms with Gasteiger partial charge in [0.2, 0.25) is 0 Å². The number of rotatable bonds is 2. The molecule has 5 heteroatoms. The van der Waals surface area contributed by atoms with Crippen LogP contribution >= 0.6 is 0 Å². The smallest absolute Gasteiger partial charge is 0.321 e. The van der Waals surface area contributed by atoms with Crippen LogP contribution in [0.3, 0.4) is 0 Å². The first kappa shape index (κ1) is 9.26. The number of benzene rings is 1. The zero-order valence-electron chi connectivity index (χ0n) is 7.66. The Morgan fingerprint density at radius 2 is 1.73 bits per heavy atom. The molecule has 0 spiro atoms. The average Bonchev–Trinajstić information content (AvgIpc) is 2.25. The molecule has 0 bridgehead atoms. The summed E-state index contributed by atoms with van der Waals surface area (Å²) >= 11 is 0. The van der Waals surface area contributed by atoms with Gasteiger partial charge in [-0.1, -0.05) is 0 Å². The molecule has 1 aromatic carbocycles. The third-order valence-corrected chi connectivity index (χ3v) is 1.70. The van der Waals surface area contributed by atoms with Crippen molar-refractivity contribution in [3.63, 3.8) is 0 Å². The van der Waals surface area contributed by atoms with Gasteiger partial charge in [0.1, 0.15) is 5.75 Å². The minimum absolute atomic E-state index is 0.183. The molecule has 0 atom stereocenters. The molecule has 0 aliphatic heterocycles. The summed E-state index contributed by atoms with van der Waals surface area (Å²) in [6.45, 7) is 0. The molecule has 0 radical (unpaired) electrons. The quantitative estimate of drug-likeness (QED) is 0.728. The second-order valence-corrected chi connectivity index (χ2v) is 2.78. The summed E-state index contributed by atoms with van der Waals surface area (Å²) in [6.07, 6.45) is 3.09. The third-order valence-electron chi connectivity index (χ3n) is 1.70. The van der Waals surface area contributed by atoms with Crippen molar-refractivity contribution in [2.24, 2.45) is 0 Å². The maximum atomic E-state index is 9.21. The zero-order valence-corrected chi connectivity index (χ0v) is 7.66. The molecule has 0 fully saturated rings. The standard InChI is InChI=1S/C10H8N2O3/c13-8-3-2-7(6-9(8)14)15-10-11-4-1-5-12-10/h1-6,13-14H. The van der Waals surface area contributed by atoms with Gasteiger partial charge in [-0.25, -0.2) is 9.97 Å². The molecule has 2 aromatic rings. The molecular weight excluding hydrogens is 196 g/mol. The van der Waals surface area contributed by atoms with E-state index in [9.17, 15) is 5.11 Å². The van der Waals surface area contributed by atoms with Crippen LogP contribution in [0.5, 0.6) is 23.3 Å². The Labute approximate surface area is 85.6 Å². The third kappa shape index (κ3) is 2.14. The van der Waals surface area contributed by atoms with E-state index < -0.39 is 0 Å². The molecule has 2 N–H and O–H groups in total. The summed E-state index contributed by atoms with van der Waals surface area (Å²) in [4.78, 5) is 7.70. The van der Waals surface area contributed by atoms with E-state index in [-0.39, 0.29) is 17.5 Å². The summed E-state index contributed by atoms with van der Waals surface area (Å²) in [5.74, 6) is -0.0868. The van der Waals surface area contributed by atoms with Crippen molar-refractivity contribution >= 4 is 0 Å². The number of phenolic OH excluding ortho intramolecular Hbond substituents is 2. The Bertz CT molecular complexity index is 459. The predicted molar refractivity (Wildman–Crippen MR) is 51.9 cm³/mol. The van der Waals surface area contributed by atoms with E-state index in [1.54, 1.807) is 18.5 Å². The van der Waals surface area contributed by atoms with Crippen LogP contribution in [-0.2, 0) is 0 Å². The van der Waals surface area contributed by atoms with Gasteiger partial charge >= 0.3 is 6.01 Å². The lowest BCUT2D eigenvalue weighted by Gasteiger charge is -2.03. The van der Waals surface area contributed by atoms with Gasteiger partial charge in [0.05, 0.1) is 0 Å². The minimum atomic E-state index is -0.247. The summed E-state index contributed by atoms with van der Waals surface area (Å²) in [5.41, 5.74) is 0. The van der Waals surface area contributed by atoms with Crippen molar-refractivity contribution in [2.75, 3.05) is 0 Å². The number of hydrogen-bond donors (Lipinski definition) is 2. The van der Waals surface area contributed by atoms with E-state index in [2.05, 4.69) is 9.97 Å². The Morgan fingerprint density at radius 1 is 1.00 bits per heavy atom. The fourth-order valence-electron chi connectivity index (χ4n) is 1.01. The summed E-state index contributed by atoms with van der Waals surface area (Å²) < 4.78 is 5.22. The highest BCUT2D eigenvalue weighted by atomic mass is 16.5. The van der Waals surface area contributed by atoms with Crippen molar-refractivity contribution in [2.45, 2.75) is 0 Å². The fraction of sp³-hybridized carbons (Fsp3) is 0. The Morgan fingerprint density at radius 3 is 2.40 bits per heavy atom. The van der Waals surface area contributed by atoms with Crippen molar-refractivity contribution in [1.82, 2.24) is 9.97 Å². The summed E-state index contributed by atoms with van der Waals surface area (Å²) in [5, 5.41) is 18.3. The monoisotopic (exact) mass is 204 g/mol. The van der Waals surface area contributed by atoms with Gasteiger partial charge < -0.3 is 14.9 Å². The molecule has 1 aromatic heterocycles. The maximum absolute atomic E-state index is 9.21. The Hall–Kier alpha value is -2.30. The van der Waals surface area contributed by atoms with Gasteiger partial charge in [-0.2, -0.15) is 0 Å². The second-order valence-electron chi connectivity index (χ2n) is 2.78. The molecule has 0 aliphatic carbocycles. The number of hydrogen-bond acceptors (Lipinski definition) is 5. The molecule has 76 valence electrons. The molecule has 15 heavy (non-hydrogen) atoms. The lowest BCUT2D eigenvalue weighted by atomic mass is 10.3. The lowest BCUT2D eigenvalue weighted by Crippen LogP contribution is -1.89. The van der Waals surface area contributed by atoms with E-state index in [1.165, 1.54) is 18.2 Å². The number of ether oxygens (including phenoxy) is 1. The molecule has 0 unspecified atom stereocenters. The first-order valence-corrected chi connectivity index (χ1v) is 4.22. The lowest BCUT2D eigenvalue weighted by molar-refractivity contribution is 0.394. The maximum Gasteiger partial charge on any atom is 0.321 e. The van der Waals surface area contributed by atoms with Crippen molar-refractivity contribution in [3.05, 3.63) is 36.7 Å². The van der Waals surface area contributed by atoms with Gasteiger partial charge in [0, 0.05) is 18.5 Å². The molecule has 0 aliphatic rings. The molecule has 5 nitrogen and oxygen atoms in total. The number of aromatic hydroxyl groups is 2. The van der Waals surface area contributed by atoms with Gasteiger partial charge in [-0.3, -0.25) is 0 Å². The fourth-order valence-corrected chi connectivity index (χ4v) is 1.01. The van der Waals surface area contributed by atoms with E-state index in [0.717, 1.165) is 0 Å². The van der Waals surface area contributed by atoms with Crippen LogP contribution in [-0.4, -0.2) is 20.2 Å². The highest BCUT2D eigenvalue weighted by molar-refractivity contribution is 5.43. The molecule has 1 heterocycles. The van der Waals surface area contributed by atoms with E-state index in [0.29, 0.717) is 5.75 Å². The normalized spacial score (nSPS) is 9.87. The average molecular weight is 204 g/mol. The van der Waals surface area contributed by atoms with Crippen LogP contribution in [0.2, 0.25) is 0 Å². The number of nitrogens with zero attached hydrogens (tertiary/aromatic N) is 2. The summed E-state index contributed by atoms with van der Waals surface area (Å²) in [6, 6.07) is 5.97. The zero-order chi connectivity index (χ0) is 10.7. The predicted octanol–water partition coefficient (Wildman–Crippen LogP) is 1.68. The Balaban J connectivity index is 2.22. The van der Waals surface area contributed by atoms with Crippen LogP contribution in [0.1, 0.15) is 0 Å². The highest BCUT2D eigenvalue weighted by Gasteiger charge is 2.03. The molecule has 0 amide bonds. The van der Waals surface area contributed by atoms with Crippen LogP contribution < -0.4 is 4.74 Å². The van der Waals surface area contributed by atoms with E-state index in [4.69, 9.17) is 9.84 Å². The van der Waals surface area contributed by atoms with Crippen molar-refractivity contribution in [3.8, 4) is 23.3 Å². The van der Waals surface area contributed by atoms with Gasteiger partial charge in [0.25, 0.3) is 0 Å². The van der Waals surface area contributed by atoms with E-state index in [1.807, 2.05) is 0 Å². The first-order valence-electron chi connectivity index (χ1n) is 4.22. The molecule has 0 saturated heterocycles. The van der Waals surface area contributed by atoms with E-state index >= 15 is 0 Å². The molecule has 0 saturated carbocycles. The molecule has 2 rings (SSSR count). The SMILES string of the molecule is Oc1ccc(Oc2ncccn2)cc1O. The number of phenols is 2. The largest absolute Gasteiger partial charge is 0.504 e.